The van der Waals surface area contributed by atoms with Crippen molar-refractivity contribution in [2.24, 2.45) is 5.92 Å². The van der Waals surface area contributed by atoms with E-state index in [2.05, 4.69) is 15.5 Å². The summed E-state index contributed by atoms with van der Waals surface area (Å²) in [7, 11) is 1.77. The Balaban J connectivity index is 1.39. The quantitative estimate of drug-likeness (QED) is 0.771. The number of nitrogens with one attached hydrogen (secondary N) is 2. The molecule has 0 unspecified atom stereocenters. The molecule has 0 aliphatic heterocycles. The lowest BCUT2D eigenvalue weighted by molar-refractivity contribution is -0.132. The van der Waals surface area contributed by atoms with Gasteiger partial charge in [0.05, 0.1) is 12.2 Å². The number of likely N-dealkylation sites (N-methyl/N-ethyl adjacent to an activating group) is 1. The zero-order valence-electron chi connectivity index (χ0n) is 14.5. The lowest BCUT2D eigenvalue weighted by Crippen LogP contribution is -2.39. The molecule has 0 atom stereocenters. The molecule has 3 rings (SSSR count). The molecular weight excluding hydrogens is 316 g/mol. The van der Waals surface area contributed by atoms with Crippen LogP contribution in [-0.2, 0) is 16.0 Å². The summed E-state index contributed by atoms with van der Waals surface area (Å²) in [6, 6.07) is 12.1. The maximum Gasteiger partial charge on any atom is 0.241 e. The molecule has 25 heavy (non-hydrogen) atoms. The molecule has 132 valence electrons. The molecule has 1 aromatic heterocycles. The van der Waals surface area contributed by atoms with Gasteiger partial charge in [0.25, 0.3) is 0 Å². The summed E-state index contributed by atoms with van der Waals surface area (Å²) >= 11 is 0. The zero-order valence-corrected chi connectivity index (χ0v) is 14.5. The number of nitrogens with zero attached hydrogens (tertiary/aromatic N) is 2. The fourth-order valence-electron chi connectivity index (χ4n) is 2.67. The van der Waals surface area contributed by atoms with Crippen LogP contribution in [0.15, 0.2) is 36.4 Å². The van der Waals surface area contributed by atoms with E-state index in [0.29, 0.717) is 6.54 Å². The first kappa shape index (κ1) is 17.2. The lowest BCUT2D eigenvalue weighted by Gasteiger charge is -2.17. The van der Waals surface area contributed by atoms with Crippen molar-refractivity contribution in [1.82, 2.24) is 20.4 Å². The first-order chi connectivity index (χ1) is 12.1. The van der Waals surface area contributed by atoms with Gasteiger partial charge in [0, 0.05) is 30.8 Å². The van der Waals surface area contributed by atoms with Crippen LogP contribution in [0.5, 0.6) is 0 Å². The van der Waals surface area contributed by atoms with Gasteiger partial charge < -0.3 is 10.2 Å². The van der Waals surface area contributed by atoms with Gasteiger partial charge in [-0.25, -0.2) is 0 Å². The van der Waals surface area contributed by atoms with Crippen LogP contribution < -0.4 is 5.32 Å². The number of carbonyl (C=O) groups excluding carboxylic acids is 2. The zero-order chi connectivity index (χ0) is 17.6. The molecule has 1 heterocycles. The van der Waals surface area contributed by atoms with Crippen molar-refractivity contribution < 1.29 is 9.59 Å². The van der Waals surface area contributed by atoms with E-state index in [-0.39, 0.29) is 24.3 Å². The Kier molecular flexibility index (Phi) is 5.48. The summed E-state index contributed by atoms with van der Waals surface area (Å²) in [5.74, 6) is 0.0912. The summed E-state index contributed by atoms with van der Waals surface area (Å²) in [6.45, 7) is 0.742. The number of rotatable bonds is 8. The molecule has 0 spiro atoms. The summed E-state index contributed by atoms with van der Waals surface area (Å²) in [4.78, 5) is 25.2. The molecular formula is C19H24N4O2. The lowest BCUT2D eigenvalue weighted by atomic mass is 10.1. The summed E-state index contributed by atoms with van der Waals surface area (Å²) < 4.78 is 0. The van der Waals surface area contributed by atoms with Gasteiger partial charge in [0.15, 0.2) is 0 Å². The molecule has 0 bridgehead atoms. The van der Waals surface area contributed by atoms with E-state index in [4.69, 9.17) is 0 Å². The van der Waals surface area contributed by atoms with E-state index in [1.54, 1.807) is 11.9 Å². The Bertz CT molecular complexity index is 722. The summed E-state index contributed by atoms with van der Waals surface area (Å²) in [5, 5.41) is 10.1. The molecule has 1 saturated carbocycles. The highest BCUT2D eigenvalue weighted by molar-refractivity contribution is 5.86. The van der Waals surface area contributed by atoms with Crippen molar-refractivity contribution in [2.45, 2.75) is 25.7 Å². The maximum absolute atomic E-state index is 12.0. The summed E-state index contributed by atoms with van der Waals surface area (Å²) in [5.41, 5.74) is 3.08. The minimum Gasteiger partial charge on any atom is -0.347 e. The molecule has 2 N–H and O–H groups in total. The highest BCUT2D eigenvalue weighted by Crippen LogP contribution is 2.28. The van der Waals surface area contributed by atoms with Crippen LogP contribution in [0, 0.1) is 5.92 Å². The van der Waals surface area contributed by atoms with Gasteiger partial charge in [-0.1, -0.05) is 30.3 Å². The molecule has 1 aromatic carbocycles. The van der Waals surface area contributed by atoms with E-state index < -0.39 is 0 Å². The Morgan fingerprint density at radius 1 is 1.28 bits per heavy atom. The molecule has 2 aromatic rings. The number of hydrogen-bond donors (Lipinski definition) is 2. The fraction of sp³-hybridized carbons (Fsp3) is 0.421. The second-order valence-electron chi connectivity index (χ2n) is 6.56. The van der Waals surface area contributed by atoms with Gasteiger partial charge >= 0.3 is 0 Å². The maximum atomic E-state index is 12.0. The molecule has 6 heteroatoms. The number of hydrogen-bond acceptors (Lipinski definition) is 3. The van der Waals surface area contributed by atoms with E-state index in [0.717, 1.165) is 42.6 Å². The van der Waals surface area contributed by atoms with Crippen molar-refractivity contribution in [3.8, 4) is 11.3 Å². The third-order valence-corrected chi connectivity index (χ3v) is 4.43. The SMILES string of the molecule is CN(CCCc1cc(-c2ccccc2)n[nH]1)C(=O)CNC(=O)C1CC1. The van der Waals surface area contributed by atoms with Crippen molar-refractivity contribution >= 4 is 11.8 Å². The molecule has 0 radical (unpaired) electrons. The van der Waals surface area contributed by atoms with E-state index in [9.17, 15) is 9.59 Å². The first-order valence-electron chi connectivity index (χ1n) is 8.75. The van der Waals surface area contributed by atoms with Gasteiger partial charge in [0.2, 0.25) is 11.8 Å². The largest absolute Gasteiger partial charge is 0.347 e. The van der Waals surface area contributed by atoms with Gasteiger partial charge in [0.1, 0.15) is 0 Å². The Hall–Kier alpha value is -2.63. The number of aromatic nitrogens is 2. The number of H-pyrrole nitrogens is 1. The predicted molar refractivity (Wildman–Crippen MR) is 95.7 cm³/mol. The van der Waals surface area contributed by atoms with Crippen LogP contribution >= 0.6 is 0 Å². The van der Waals surface area contributed by atoms with Gasteiger partial charge in [-0.05, 0) is 31.7 Å². The van der Waals surface area contributed by atoms with Crippen molar-refractivity contribution in [3.05, 3.63) is 42.1 Å². The molecule has 2 amide bonds. The fourth-order valence-corrected chi connectivity index (χ4v) is 2.67. The van der Waals surface area contributed by atoms with Crippen molar-refractivity contribution in [3.63, 3.8) is 0 Å². The number of aromatic amines is 1. The standard InChI is InChI=1S/C19H24N4O2/c1-23(18(24)13-20-19(25)15-9-10-15)11-5-8-16-12-17(22-21-16)14-6-3-2-4-7-14/h2-4,6-7,12,15H,5,8-11,13H2,1H3,(H,20,25)(H,21,22). The molecule has 1 fully saturated rings. The minimum atomic E-state index is -0.0522. The monoisotopic (exact) mass is 340 g/mol. The topological polar surface area (TPSA) is 78.1 Å². The molecule has 6 nitrogen and oxygen atoms in total. The molecule has 0 saturated heterocycles. The van der Waals surface area contributed by atoms with Crippen LogP contribution in [-0.4, -0.2) is 47.0 Å². The van der Waals surface area contributed by atoms with Crippen LogP contribution in [0.1, 0.15) is 25.0 Å². The third-order valence-electron chi connectivity index (χ3n) is 4.43. The summed E-state index contributed by atoms with van der Waals surface area (Å²) in [6.07, 6.45) is 3.57. The molecule has 1 aliphatic carbocycles. The second-order valence-corrected chi connectivity index (χ2v) is 6.56. The van der Waals surface area contributed by atoms with E-state index >= 15 is 0 Å². The van der Waals surface area contributed by atoms with Crippen molar-refractivity contribution in [2.75, 3.05) is 20.1 Å². The number of benzene rings is 1. The van der Waals surface area contributed by atoms with Crippen LogP contribution in [0.3, 0.4) is 0 Å². The van der Waals surface area contributed by atoms with E-state index in [1.807, 2.05) is 36.4 Å². The number of amides is 2. The number of aryl methyl sites for hydroxylation is 1. The highest BCUT2D eigenvalue weighted by Gasteiger charge is 2.29. The van der Waals surface area contributed by atoms with Crippen LogP contribution in [0.2, 0.25) is 0 Å². The first-order valence-corrected chi connectivity index (χ1v) is 8.75. The second kappa shape index (κ2) is 7.96. The van der Waals surface area contributed by atoms with Gasteiger partial charge in [-0.2, -0.15) is 5.10 Å². The van der Waals surface area contributed by atoms with Crippen LogP contribution in [0.25, 0.3) is 11.3 Å². The average molecular weight is 340 g/mol. The normalized spacial score (nSPS) is 13.5. The predicted octanol–water partition coefficient (Wildman–Crippen LogP) is 1.99. The highest BCUT2D eigenvalue weighted by atomic mass is 16.2. The Morgan fingerprint density at radius 2 is 2.04 bits per heavy atom. The number of carbonyl (C=O) groups is 2. The minimum absolute atomic E-state index is 0.00708. The third kappa shape index (κ3) is 4.92. The Morgan fingerprint density at radius 3 is 2.76 bits per heavy atom. The van der Waals surface area contributed by atoms with Crippen LogP contribution in [0.4, 0.5) is 0 Å². The Labute approximate surface area is 147 Å². The van der Waals surface area contributed by atoms with E-state index in [1.165, 1.54) is 0 Å². The van der Waals surface area contributed by atoms with Gasteiger partial charge in [-0.3, -0.25) is 14.7 Å². The molecule has 1 aliphatic rings. The van der Waals surface area contributed by atoms with Gasteiger partial charge in [-0.15, -0.1) is 0 Å². The average Bonchev–Trinajstić information content (AvgIpc) is 3.39. The smallest absolute Gasteiger partial charge is 0.241 e. The van der Waals surface area contributed by atoms with Crippen molar-refractivity contribution in [1.29, 1.82) is 0 Å².